The first-order valence-corrected chi connectivity index (χ1v) is 7.80. The lowest BCUT2D eigenvalue weighted by Gasteiger charge is -2.34. The summed E-state index contributed by atoms with van der Waals surface area (Å²) >= 11 is 2.02. The Morgan fingerprint density at radius 3 is 2.69 bits per heavy atom. The Balaban J connectivity index is 2.38. The molecule has 0 spiro atoms. The van der Waals surface area contributed by atoms with E-state index in [0.717, 1.165) is 17.6 Å². The van der Waals surface area contributed by atoms with Gasteiger partial charge in [0.2, 0.25) is 0 Å². The predicted molar refractivity (Wildman–Crippen MR) is 74.4 cm³/mol. The zero-order chi connectivity index (χ0) is 12.0. The molecule has 0 aliphatic heterocycles. The summed E-state index contributed by atoms with van der Waals surface area (Å²) in [5, 5.41) is 0.710. The first-order valence-electron chi connectivity index (χ1n) is 6.75. The monoisotopic (exact) mass is 244 g/mol. The Morgan fingerprint density at radius 2 is 2.12 bits per heavy atom. The summed E-state index contributed by atoms with van der Waals surface area (Å²) < 4.78 is 0. The average Bonchev–Trinajstić information content (AvgIpc) is 2.30. The van der Waals surface area contributed by atoms with Crippen molar-refractivity contribution in [3.05, 3.63) is 0 Å². The molecule has 0 heterocycles. The van der Waals surface area contributed by atoms with Gasteiger partial charge in [-0.3, -0.25) is 11.3 Å². The third-order valence-corrected chi connectivity index (χ3v) is 5.01. The Bertz CT molecular complexity index is 185. The molecule has 1 rings (SSSR count). The molecule has 0 aromatic carbocycles. The summed E-state index contributed by atoms with van der Waals surface area (Å²) in [6.45, 7) is 6.84. The van der Waals surface area contributed by atoms with Crippen molar-refractivity contribution in [1.29, 1.82) is 0 Å². The van der Waals surface area contributed by atoms with Gasteiger partial charge in [0, 0.05) is 11.8 Å². The molecule has 3 unspecified atom stereocenters. The van der Waals surface area contributed by atoms with E-state index < -0.39 is 0 Å². The van der Waals surface area contributed by atoms with E-state index in [0.29, 0.717) is 11.3 Å². The third kappa shape index (κ3) is 4.64. The van der Waals surface area contributed by atoms with Crippen molar-refractivity contribution in [3.63, 3.8) is 0 Å². The molecular formula is C13H28N2S. The zero-order valence-electron chi connectivity index (χ0n) is 11.0. The van der Waals surface area contributed by atoms with Crippen LogP contribution in [0.4, 0.5) is 0 Å². The molecule has 0 aromatic rings. The first kappa shape index (κ1) is 14.3. The van der Waals surface area contributed by atoms with Crippen LogP contribution in [0.1, 0.15) is 52.9 Å². The van der Waals surface area contributed by atoms with Crippen molar-refractivity contribution < 1.29 is 0 Å². The van der Waals surface area contributed by atoms with Gasteiger partial charge in [-0.05, 0) is 29.9 Å². The smallest absolute Gasteiger partial charge is 0.0329 e. The fourth-order valence-corrected chi connectivity index (χ4v) is 3.65. The second-order valence-electron chi connectivity index (χ2n) is 5.36. The Labute approximate surface area is 105 Å². The minimum Gasteiger partial charge on any atom is -0.271 e. The number of rotatable bonds is 6. The molecule has 96 valence electrons. The van der Waals surface area contributed by atoms with E-state index in [1.54, 1.807) is 0 Å². The topological polar surface area (TPSA) is 38.0 Å². The average molecular weight is 244 g/mol. The van der Waals surface area contributed by atoms with Gasteiger partial charge in [-0.1, -0.05) is 40.0 Å². The molecule has 1 aliphatic carbocycles. The number of hydrogen-bond donors (Lipinski definition) is 2. The highest BCUT2D eigenvalue weighted by Gasteiger charge is 2.27. The van der Waals surface area contributed by atoms with E-state index in [4.69, 9.17) is 5.84 Å². The lowest BCUT2D eigenvalue weighted by molar-refractivity contribution is 0.219. The van der Waals surface area contributed by atoms with Crippen LogP contribution in [-0.4, -0.2) is 17.0 Å². The number of thioether (sulfide) groups is 1. The van der Waals surface area contributed by atoms with E-state index >= 15 is 0 Å². The number of hydrazine groups is 1. The van der Waals surface area contributed by atoms with E-state index in [-0.39, 0.29) is 0 Å². The largest absolute Gasteiger partial charge is 0.271 e. The Morgan fingerprint density at radius 1 is 1.38 bits per heavy atom. The van der Waals surface area contributed by atoms with Gasteiger partial charge in [0.25, 0.3) is 0 Å². The van der Waals surface area contributed by atoms with Gasteiger partial charge >= 0.3 is 0 Å². The maximum absolute atomic E-state index is 5.71. The van der Waals surface area contributed by atoms with Crippen molar-refractivity contribution in [2.24, 2.45) is 17.7 Å². The predicted octanol–water partition coefficient (Wildman–Crippen LogP) is 3.18. The lowest BCUT2D eigenvalue weighted by Crippen LogP contribution is -2.44. The fraction of sp³-hybridized carbons (Fsp3) is 1.00. The molecule has 0 bridgehead atoms. The van der Waals surface area contributed by atoms with E-state index in [1.807, 2.05) is 11.8 Å². The van der Waals surface area contributed by atoms with Crippen LogP contribution in [0, 0.1) is 11.8 Å². The SMILES string of the molecule is CCC1CCCC(C(CSC(C)C)NN)C1. The molecule has 3 N–H and O–H groups in total. The normalized spacial score (nSPS) is 28.3. The maximum Gasteiger partial charge on any atom is 0.0329 e. The summed E-state index contributed by atoms with van der Waals surface area (Å²) in [5.74, 6) is 8.62. The zero-order valence-corrected chi connectivity index (χ0v) is 11.9. The molecule has 0 amide bonds. The molecule has 0 aromatic heterocycles. The van der Waals surface area contributed by atoms with E-state index in [1.165, 1.54) is 32.1 Å². The van der Waals surface area contributed by atoms with E-state index in [9.17, 15) is 0 Å². The molecule has 3 atom stereocenters. The van der Waals surface area contributed by atoms with Gasteiger partial charge in [-0.2, -0.15) is 11.8 Å². The van der Waals surface area contributed by atoms with Crippen molar-refractivity contribution >= 4 is 11.8 Å². The second kappa shape index (κ2) is 7.57. The van der Waals surface area contributed by atoms with Gasteiger partial charge in [-0.15, -0.1) is 0 Å². The minimum absolute atomic E-state index is 0.516. The maximum atomic E-state index is 5.71. The van der Waals surface area contributed by atoms with Gasteiger partial charge in [0.15, 0.2) is 0 Å². The molecule has 1 aliphatic rings. The molecule has 0 radical (unpaired) electrons. The van der Waals surface area contributed by atoms with Crippen LogP contribution >= 0.6 is 11.8 Å². The van der Waals surface area contributed by atoms with Crippen LogP contribution in [0.3, 0.4) is 0 Å². The molecule has 3 heteroatoms. The molecule has 16 heavy (non-hydrogen) atoms. The summed E-state index contributed by atoms with van der Waals surface area (Å²) in [6, 6.07) is 0.516. The molecule has 2 nitrogen and oxygen atoms in total. The highest BCUT2D eigenvalue weighted by atomic mass is 32.2. The van der Waals surface area contributed by atoms with Crippen molar-refractivity contribution in [1.82, 2.24) is 5.43 Å². The summed E-state index contributed by atoms with van der Waals surface area (Å²) in [7, 11) is 0. The summed E-state index contributed by atoms with van der Waals surface area (Å²) in [6.07, 6.45) is 6.91. The summed E-state index contributed by atoms with van der Waals surface area (Å²) in [4.78, 5) is 0. The number of nitrogens with one attached hydrogen (secondary N) is 1. The molecular weight excluding hydrogens is 216 g/mol. The Kier molecular flexibility index (Phi) is 6.78. The standard InChI is InChI=1S/C13H28N2S/c1-4-11-6-5-7-12(8-11)13(15-14)9-16-10(2)3/h10-13,15H,4-9,14H2,1-3H3. The van der Waals surface area contributed by atoms with Gasteiger partial charge < -0.3 is 0 Å². The minimum atomic E-state index is 0.516. The van der Waals surface area contributed by atoms with Crippen LogP contribution in [0.15, 0.2) is 0 Å². The van der Waals surface area contributed by atoms with Crippen LogP contribution in [0.2, 0.25) is 0 Å². The number of nitrogens with two attached hydrogens (primary N) is 1. The van der Waals surface area contributed by atoms with Crippen LogP contribution in [0.5, 0.6) is 0 Å². The lowest BCUT2D eigenvalue weighted by atomic mass is 9.77. The first-order chi connectivity index (χ1) is 7.67. The van der Waals surface area contributed by atoms with Crippen LogP contribution < -0.4 is 11.3 Å². The van der Waals surface area contributed by atoms with Crippen LogP contribution in [0.25, 0.3) is 0 Å². The van der Waals surface area contributed by atoms with Gasteiger partial charge in [-0.25, -0.2) is 0 Å². The second-order valence-corrected chi connectivity index (χ2v) is 6.97. The van der Waals surface area contributed by atoms with Crippen molar-refractivity contribution in [2.45, 2.75) is 64.2 Å². The highest BCUT2D eigenvalue weighted by Crippen LogP contribution is 2.33. The quantitative estimate of drug-likeness (QED) is 0.557. The van der Waals surface area contributed by atoms with Crippen molar-refractivity contribution in [3.8, 4) is 0 Å². The third-order valence-electron chi connectivity index (χ3n) is 3.79. The highest BCUT2D eigenvalue weighted by molar-refractivity contribution is 7.99. The van der Waals surface area contributed by atoms with Gasteiger partial charge in [0.1, 0.15) is 0 Å². The number of hydrogen-bond acceptors (Lipinski definition) is 3. The van der Waals surface area contributed by atoms with Crippen molar-refractivity contribution in [2.75, 3.05) is 5.75 Å². The fourth-order valence-electron chi connectivity index (χ4n) is 2.69. The molecule has 0 saturated heterocycles. The van der Waals surface area contributed by atoms with Gasteiger partial charge in [0.05, 0.1) is 0 Å². The van der Waals surface area contributed by atoms with Crippen LogP contribution in [-0.2, 0) is 0 Å². The molecule has 1 fully saturated rings. The van der Waals surface area contributed by atoms with E-state index in [2.05, 4.69) is 26.2 Å². The molecule has 1 saturated carbocycles. The Hall–Kier alpha value is 0.270. The summed E-state index contributed by atoms with van der Waals surface area (Å²) in [5.41, 5.74) is 3.05.